The molecule has 0 aliphatic carbocycles. The van der Waals surface area contributed by atoms with Crippen molar-refractivity contribution in [1.29, 1.82) is 0 Å². The van der Waals surface area contributed by atoms with Gasteiger partial charge in [0.05, 0.1) is 23.2 Å². The molecular formula is C12H13BBr3FO2S. The average molecular weight is 491 g/mol. The molecule has 2 nitrogen and oxygen atoms in total. The highest BCUT2D eigenvalue weighted by atomic mass is 79.9. The number of hydrogen-bond donors (Lipinski definition) is 0. The molecule has 0 unspecified atom stereocenters. The zero-order valence-corrected chi connectivity index (χ0v) is 17.0. The van der Waals surface area contributed by atoms with Crippen molar-refractivity contribution in [3.05, 3.63) is 23.3 Å². The van der Waals surface area contributed by atoms with Crippen LogP contribution in [0, 0.1) is 0 Å². The van der Waals surface area contributed by atoms with Crippen molar-refractivity contribution in [1.82, 2.24) is 0 Å². The Hall–Kier alpha value is 0.795. The van der Waals surface area contributed by atoms with E-state index in [4.69, 9.17) is 9.31 Å². The van der Waals surface area contributed by atoms with Crippen LogP contribution in [-0.2, 0) is 9.31 Å². The van der Waals surface area contributed by atoms with Gasteiger partial charge in [0, 0.05) is 5.56 Å². The van der Waals surface area contributed by atoms with E-state index in [1.807, 2.05) is 27.7 Å². The molecule has 0 atom stereocenters. The summed E-state index contributed by atoms with van der Waals surface area (Å²) in [7, 11) is -0.975. The van der Waals surface area contributed by atoms with Crippen LogP contribution in [0.25, 0.3) is 6.08 Å². The van der Waals surface area contributed by atoms with Gasteiger partial charge in [0.25, 0.3) is 0 Å². The molecule has 0 spiro atoms. The van der Waals surface area contributed by atoms with E-state index in [1.54, 1.807) is 0 Å². The average Bonchev–Trinajstić information content (AvgIpc) is 2.66. The third-order valence-corrected chi connectivity index (χ3v) is 7.76. The third-order valence-electron chi connectivity index (χ3n) is 3.56. The maximum absolute atomic E-state index is 14.4. The van der Waals surface area contributed by atoms with E-state index in [-0.39, 0.29) is 0 Å². The van der Waals surface area contributed by atoms with Gasteiger partial charge in [-0.3, -0.25) is 0 Å². The SMILES string of the molecule is CC1(C)OB(C(F)=Cc2c(Br)sc(Br)c2Br)OC1(C)C. The van der Waals surface area contributed by atoms with Crippen molar-refractivity contribution < 1.29 is 13.7 Å². The van der Waals surface area contributed by atoms with Crippen molar-refractivity contribution in [2.24, 2.45) is 0 Å². The lowest BCUT2D eigenvalue weighted by Crippen LogP contribution is -2.41. The van der Waals surface area contributed by atoms with Crippen LogP contribution in [-0.4, -0.2) is 18.3 Å². The second kappa shape index (κ2) is 5.78. The van der Waals surface area contributed by atoms with Crippen molar-refractivity contribution in [3.63, 3.8) is 0 Å². The van der Waals surface area contributed by atoms with Crippen LogP contribution in [0.1, 0.15) is 33.3 Å². The quantitative estimate of drug-likeness (QED) is 0.475. The lowest BCUT2D eigenvalue weighted by molar-refractivity contribution is 0.00578. The van der Waals surface area contributed by atoms with Crippen molar-refractivity contribution in [2.75, 3.05) is 0 Å². The zero-order valence-electron chi connectivity index (χ0n) is 11.4. The van der Waals surface area contributed by atoms with Gasteiger partial charge in [0.2, 0.25) is 0 Å². The number of rotatable bonds is 2. The van der Waals surface area contributed by atoms with Crippen LogP contribution >= 0.6 is 59.1 Å². The Kier molecular flexibility index (Phi) is 4.95. The molecule has 0 bridgehead atoms. The van der Waals surface area contributed by atoms with Gasteiger partial charge >= 0.3 is 7.12 Å². The number of hydrogen-bond acceptors (Lipinski definition) is 3. The Balaban J connectivity index is 2.29. The summed E-state index contributed by atoms with van der Waals surface area (Å²) in [5.41, 5.74) is -0.816. The summed E-state index contributed by atoms with van der Waals surface area (Å²) in [6.45, 7) is 7.58. The molecule has 110 valence electrons. The van der Waals surface area contributed by atoms with Gasteiger partial charge in [0.1, 0.15) is 5.73 Å². The van der Waals surface area contributed by atoms with E-state index in [0.717, 1.165) is 17.6 Å². The summed E-state index contributed by atoms with van der Waals surface area (Å²) in [4.78, 5) is 0. The summed E-state index contributed by atoms with van der Waals surface area (Å²) < 4.78 is 28.3. The van der Waals surface area contributed by atoms with Crippen LogP contribution in [0.5, 0.6) is 0 Å². The molecule has 1 fully saturated rings. The topological polar surface area (TPSA) is 18.5 Å². The molecule has 0 radical (unpaired) electrons. The first kappa shape index (κ1) is 17.2. The highest BCUT2D eigenvalue weighted by Crippen LogP contribution is 2.43. The minimum absolute atomic E-state index is 0.449. The smallest absolute Gasteiger partial charge is 0.398 e. The van der Waals surface area contributed by atoms with E-state index in [0.29, 0.717) is 0 Å². The molecule has 8 heteroatoms. The fraction of sp³-hybridized carbons (Fsp3) is 0.500. The molecule has 1 saturated heterocycles. The van der Waals surface area contributed by atoms with E-state index in [9.17, 15) is 4.39 Å². The van der Waals surface area contributed by atoms with Crippen LogP contribution in [0.2, 0.25) is 0 Å². The molecule has 0 saturated carbocycles. The normalized spacial score (nSPS) is 21.6. The fourth-order valence-electron chi connectivity index (χ4n) is 1.65. The predicted molar refractivity (Wildman–Crippen MR) is 92.6 cm³/mol. The van der Waals surface area contributed by atoms with Gasteiger partial charge in [-0.2, -0.15) is 0 Å². The molecule has 1 aliphatic rings. The van der Waals surface area contributed by atoms with Crippen LogP contribution in [0.3, 0.4) is 0 Å². The fourth-order valence-corrected chi connectivity index (χ4v) is 5.38. The van der Waals surface area contributed by atoms with Crippen molar-refractivity contribution in [3.8, 4) is 0 Å². The Morgan fingerprint density at radius 1 is 1.10 bits per heavy atom. The molecule has 1 aromatic heterocycles. The summed E-state index contributed by atoms with van der Waals surface area (Å²) in [6.07, 6.45) is 1.43. The summed E-state index contributed by atoms with van der Waals surface area (Å²) in [5.74, 6) is 0. The van der Waals surface area contributed by atoms with Gasteiger partial charge in [0.15, 0.2) is 0 Å². The summed E-state index contributed by atoms with van der Waals surface area (Å²) in [5, 5.41) is 0. The van der Waals surface area contributed by atoms with E-state index < -0.39 is 24.0 Å². The van der Waals surface area contributed by atoms with Gasteiger partial charge in [-0.1, -0.05) is 0 Å². The van der Waals surface area contributed by atoms with Crippen molar-refractivity contribution in [2.45, 2.75) is 38.9 Å². The molecular weight excluding hydrogens is 478 g/mol. The molecule has 1 aromatic rings. The second-order valence-corrected chi connectivity index (χ2v) is 9.94. The molecule has 0 amide bonds. The highest BCUT2D eigenvalue weighted by Gasteiger charge is 2.53. The minimum Gasteiger partial charge on any atom is -0.398 e. The van der Waals surface area contributed by atoms with Gasteiger partial charge < -0.3 is 9.31 Å². The maximum atomic E-state index is 14.4. The summed E-state index contributed by atoms with van der Waals surface area (Å²) >= 11 is 11.7. The Labute approximate surface area is 147 Å². The molecule has 0 aromatic carbocycles. The maximum Gasteiger partial charge on any atom is 0.525 e. The van der Waals surface area contributed by atoms with E-state index in [2.05, 4.69) is 47.8 Å². The first-order chi connectivity index (χ1) is 9.05. The number of thiophene rings is 1. The van der Waals surface area contributed by atoms with Crippen molar-refractivity contribution >= 4 is 72.3 Å². The van der Waals surface area contributed by atoms with Crippen LogP contribution < -0.4 is 0 Å². The zero-order chi connectivity index (χ0) is 15.3. The number of halogens is 4. The highest BCUT2D eigenvalue weighted by molar-refractivity contribution is 9.14. The third kappa shape index (κ3) is 3.10. The molecule has 2 heterocycles. The second-order valence-electron chi connectivity index (χ2n) is 5.49. The van der Waals surface area contributed by atoms with E-state index >= 15 is 0 Å². The largest absolute Gasteiger partial charge is 0.525 e. The first-order valence-corrected chi connectivity index (χ1v) is 9.11. The predicted octanol–water partition coefficient (Wildman–Crippen LogP) is 5.98. The van der Waals surface area contributed by atoms with Gasteiger partial charge in [-0.15, -0.1) is 11.3 Å². The lowest BCUT2D eigenvalue weighted by atomic mass is 9.87. The van der Waals surface area contributed by atoms with Gasteiger partial charge in [-0.05, 0) is 81.6 Å². The molecule has 2 rings (SSSR count). The lowest BCUT2D eigenvalue weighted by Gasteiger charge is -2.32. The Morgan fingerprint density at radius 2 is 1.60 bits per heavy atom. The van der Waals surface area contributed by atoms with Crippen LogP contribution in [0.4, 0.5) is 4.39 Å². The minimum atomic E-state index is -0.975. The van der Waals surface area contributed by atoms with Gasteiger partial charge in [-0.25, -0.2) is 4.39 Å². The molecule has 0 N–H and O–H groups in total. The van der Waals surface area contributed by atoms with Crippen LogP contribution in [0.15, 0.2) is 17.8 Å². The Morgan fingerprint density at radius 3 is 2.00 bits per heavy atom. The first-order valence-electron chi connectivity index (χ1n) is 5.91. The summed E-state index contributed by atoms with van der Waals surface area (Å²) in [6, 6.07) is 0. The Bertz CT molecular complexity index is 555. The molecule has 20 heavy (non-hydrogen) atoms. The molecule has 1 aliphatic heterocycles. The van der Waals surface area contributed by atoms with E-state index in [1.165, 1.54) is 17.4 Å². The standard InChI is InChI=1S/C12H13BBr3FO2S/c1-11(2)12(3,4)19-13(18-11)7(17)5-6-8(14)10(16)20-9(6)15/h5H,1-4H3. The monoisotopic (exact) mass is 488 g/mol.